The van der Waals surface area contributed by atoms with E-state index in [9.17, 15) is 4.79 Å². The van der Waals surface area contributed by atoms with E-state index < -0.39 is 0 Å². The van der Waals surface area contributed by atoms with E-state index in [0.29, 0.717) is 23.7 Å². The average Bonchev–Trinajstić information content (AvgIpc) is 2.83. The standard InChI is InChI=1S/C14H21N5OS/c1-3-8-9(4-2)18-19-14-10(8)11(16)12(21-14)13(20)17-7-5-6-15/h3-7,15-16H2,1-2H3,(H,17,20). The number of fused-ring (bicyclic) bond motifs is 1. The van der Waals surface area contributed by atoms with Crippen LogP contribution < -0.4 is 16.8 Å². The summed E-state index contributed by atoms with van der Waals surface area (Å²) in [6.07, 6.45) is 2.38. The first-order chi connectivity index (χ1) is 10.1. The molecule has 2 aromatic heterocycles. The number of nitrogen functional groups attached to an aromatic ring is 1. The van der Waals surface area contributed by atoms with Gasteiger partial charge in [-0.25, -0.2) is 0 Å². The summed E-state index contributed by atoms with van der Waals surface area (Å²) < 4.78 is 0. The Morgan fingerprint density at radius 2 is 2.05 bits per heavy atom. The number of hydrogen-bond acceptors (Lipinski definition) is 6. The number of nitrogens with zero attached hydrogens (tertiary/aromatic N) is 2. The fourth-order valence-electron chi connectivity index (χ4n) is 2.32. The second kappa shape index (κ2) is 6.82. The summed E-state index contributed by atoms with van der Waals surface area (Å²) in [5.74, 6) is -0.163. The molecule has 114 valence electrons. The topological polar surface area (TPSA) is 107 Å². The maximum atomic E-state index is 12.2. The Balaban J connectivity index is 2.43. The Labute approximate surface area is 127 Å². The molecule has 0 saturated carbocycles. The van der Waals surface area contributed by atoms with Gasteiger partial charge in [0.05, 0.1) is 11.4 Å². The monoisotopic (exact) mass is 307 g/mol. The van der Waals surface area contributed by atoms with Gasteiger partial charge in [-0.15, -0.1) is 16.4 Å². The molecule has 0 radical (unpaired) electrons. The molecule has 0 spiro atoms. The number of carbonyl (C=O) groups is 1. The average molecular weight is 307 g/mol. The summed E-state index contributed by atoms with van der Waals surface area (Å²) in [6.45, 7) is 5.20. The third kappa shape index (κ3) is 2.98. The van der Waals surface area contributed by atoms with Crippen LogP contribution in [0.1, 0.15) is 41.2 Å². The summed E-state index contributed by atoms with van der Waals surface area (Å²) in [5.41, 5.74) is 14.2. The highest BCUT2D eigenvalue weighted by atomic mass is 32.1. The zero-order valence-electron chi connectivity index (χ0n) is 12.4. The fourth-order valence-corrected chi connectivity index (χ4v) is 3.31. The van der Waals surface area contributed by atoms with E-state index in [1.54, 1.807) is 0 Å². The van der Waals surface area contributed by atoms with E-state index in [1.807, 2.05) is 6.92 Å². The van der Waals surface area contributed by atoms with E-state index in [2.05, 4.69) is 22.4 Å². The van der Waals surface area contributed by atoms with Gasteiger partial charge >= 0.3 is 0 Å². The van der Waals surface area contributed by atoms with Gasteiger partial charge in [-0.2, -0.15) is 5.10 Å². The zero-order chi connectivity index (χ0) is 15.4. The van der Waals surface area contributed by atoms with E-state index in [1.165, 1.54) is 11.3 Å². The smallest absolute Gasteiger partial charge is 0.263 e. The molecule has 2 rings (SSSR count). The number of nitrogens with one attached hydrogen (secondary N) is 1. The first-order valence-electron chi connectivity index (χ1n) is 7.18. The molecular weight excluding hydrogens is 286 g/mol. The van der Waals surface area contributed by atoms with Crippen LogP contribution in [-0.2, 0) is 12.8 Å². The van der Waals surface area contributed by atoms with Crippen molar-refractivity contribution < 1.29 is 4.79 Å². The van der Waals surface area contributed by atoms with Gasteiger partial charge < -0.3 is 16.8 Å². The molecule has 2 heterocycles. The van der Waals surface area contributed by atoms with Crippen molar-refractivity contribution in [1.29, 1.82) is 0 Å². The van der Waals surface area contributed by atoms with Crippen molar-refractivity contribution in [1.82, 2.24) is 15.5 Å². The lowest BCUT2D eigenvalue weighted by molar-refractivity contribution is 0.0958. The van der Waals surface area contributed by atoms with Crippen LogP contribution in [-0.4, -0.2) is 29.2 Å². The molecule has 0 unspecified atom stereocenters. The molecule has 0 atom stereocenters. The molecule has 0 aliphatic carbocycles. The maximum absolute atomic E-state index is 12.2. The SMILES string of the molecule is CCc1nnc2sc(C(=O)NCCCN)c(N)c2c1CC. The Bertz CT molecular complexity index is 652. The predicted octanol–water partition coefficient (Wildman–Crippen LogP) is 1.48. The van der Waals surface area contributed by atoms with Crippen molar-refractivity contribution in [2.45, 2.75) is 33.1 Å². The normalized spacial score (nSPS) is 11.0. The number of hydrogen-bond donors (Lipinski definition) is 3. The summed E-state index contributed by atoms with van der Waals surface area (Å²) >= 11 is 1.30. The van der Waals surface area contributed by atoms with Crippen LogP contribution in [0.5, 0.6) is 0 Å². The lowest BCUT2D eigenvalue weighted by Crippen LogP contribution is -2.25. The van der Waals surface area contributed by atoms with Crippen LogP contribution in [0.3, 0.4) is 0 Å². The molecule has 0 aliphatic heterocycles. The highest BCUT2D eigenvalue weighted by molar-refractivity contribution is 7.21. The van der Waals surface area contributed by atoms with Crippen molar-refractivity contribution in [3.8, 4) is 0 Å². The van der Waals surface area contributed by atoms with Crippen LogP contribution in [0.2, 0.25) is 0 Å². The van der Waals surface area contributed by atoms with E-state index in [0.717, 1.165) is 40.7 Å². The second-order valence-electron chi connectivity index (χ2n) is 4.76. The van der Waals surface area contributed by atoms with Gasteiger partial charge in [0, 0.05) is 11.9 Å². The number of anilines is 1. The molecule has 5 N–H and O–H groups in total. The summed E-state index contributed by atoms with van der Waals surface area (Å²) in [7, 11) is 0. The van der Waals surface area contributed by atoms with Gasteiger partial charge in [0.2, 0.25) is 0 Å². The van der Waals surface area contributed by atoms with Crippen LogP contribution in [0.15, 0.2) is 0 Å². The molecule has 6 nitrogen and oxygen atoms in total. The Kier molecular flexibility index (Phi) is 5.08. The Morgan fingerprint density at radius 1 is 1.29 bits per heavy atom. The lowest BCUT2D eigenvalue weighted by atomic mass is 10.1. The molecule has 0 bridgehead atoms. The van der Waals surface area contributed by atoms with Gasteiger partial charge in [-0.1, -0.05) is 13.8 Å². The van der Waals surface area contributed by atoms with Gasteiger partial charge in [0.1, 0.15) is 9.71 Å². The van der Waals surface area contributed by atoms with Crippen molar-refractivity contribution >= 4 is 33.1 Å². The Hall–Kier alpha value is -1.73. The number of thiophene rings is 1. The zero-order valence-corrected chi connectivity index (χ0v) is 13.2. The van der Waals surface area contributed by atoms with E-state index >= 15 is 0 Å². The third-order valence-corrected chi connectivity index (χ3v) is 4.49. The van der Waals surface area contributed by atoms with Gasteiger partial charge in [-0.3, -0.25) is 4.79 Å². The number of aryl methyl sites for hydroxylation is 2. The highest BCUT2D eigenvalue weighted by Crippen LogP contribution is 2.35. The quantitative estimate of drug-likeness (QED) is 0.701. The largest absolute Gasteiger partial charge is 0.397 e. The first-order valence-corrected chi connectivity index (χ1v) is 8.00. The minimum Gasteiger partial charge on any atom is -0.397 e. The van der Waals surface area contributed by atoms with Crippen LogP contribution >= 0.6 is 11.3 Å². The molecule has 0 saturated heterocycles. The summed E-state index contributed by atoms with van der Waals surface area (Å²) in [6, 6.07) is 0. The number of rotatable bonds is 6. The molecule has 7 heteroatoms. The first kappa shape index (κ1) is 15.7. The number of nitrogens with two attached hydrogens (primary N) is 2. The Morgan fingerprint density at radius 3 is 2.67 bits per heavy atom. The van der Waals surface area contributed by atoms with Crippen molar-refractivity contribution in [2.24, 2.45) is 5.73 Å². The highest BCUT2D eigenvalue weighted by Gasteiger charge is 2.20. The minimum atomic E-state index is -0.163. The van der Waals surface area contributed by atoms with Crippen molar-refractivity contribution in [3.05, 3.63) is 16.1 Å². The van der Waals surface area contributed by atoms with Crippen LogP contribution in [0, 0.1) is 0 Å². The van der Waals surface area contributed by atoms with Gasteiger partial charge in [-0.05, 0) is 31.4 Å². The van der Waals surface area contributed by atoms with E-state index in [4.69, 9.17) is 11.5 Å². The molecular formula is C14H21N5OS. The van der Waals surface area contributed by atoms with Crippen molar-refractivity contribution in [3.63, 3.8) is 0 Å². The van der Waals surface area contributed by atoms with Crippen LogP contribution in [0.25, 0.3) is 10.2 Å². The van der Waals surface area contributed by atoms with Crippen LogP contribution in [0.4, 0.5) is 5.69 Å². The number of amides is 1. The number of carbonyl (C=O) groups excluding carboxylic acids is 1. The van der Waals surface area contributed by atoms with Crippen molar-refractivity contribution in [2.75, 3.05) is 18.8 Å². The van der Waals surface area contributed by atoms with E-state index in [-0.39, 0.29) is 5.91 Å². The molecule has 0 aromatic carbocycles. The number of aromatic nitrogens is 2. The second-order valence-corrected chi connectivity index (χ2v) is 5.75. The van der Waals surface area contributed by atoms with Gasteiger partial charge in [0.15, 0.2) is 0 Å². The third-order valence-electron chi connectivity index (χ3n) is 3.40. The molecule has 2 aromatic rings. The minimum absolute atomic E-state index is 0.163. The summed E-state index contributed by atoms with van der Waals surface area (Å²) in [4.78, 5) is 13.4. The summed E-state index contributed by atoms with van der Waals surface area (Å²) in [5, 5.41) is 12.2. The lowest BCUT2D eigenvalue weighted by Gasteiger charge is -2.06. The maximum Gasteiger partial charge on any atom is 0.263 e. The molecule has 0 fully saturated rings. The fraction of sp³-hybridized carbons (Fsp3) is 0.500. The molecule has 21 heavy (non-hydrogen) atoms. The predicted molar refractivity (Wildman–Crippen MR) is 86.6 cm³/mol. The van der Waals surface area contributed by atoms with Gasteiger partial charge in [0.25, 0.3) is 5.91 Å². The molecule has 0 aliphatic rings. The molecule has 1 amide bonds.